The summed E-state index contributed by atoms with van der Waals surface area (Å²) < 4.78 is 0. The molecule has 0 aliphatic carbocycles. The van der Waals surface area contributed by atoms with Crippen LogP contribution in [-0.4, -0.2) is 34.5 Å². The zero-order valence-corrected chi connectivity index (χ0v) is 13.1. The Morgan fingerprint density at radius 3 is 3.00 bits per heavy atom. The van der Waals surface area contributed by atoms with E-state index in [0.29, 0.717) is 17.8 Å². The first kappa shape index (κ1) is 14.3. The van der Waals surface area contributed by atoms with Crippen molar-refractivity contribution in [2.24, 2.45) is 0 Å². The molecule has 4 heteroatoms. The van der Waals surface area contributed by atoms with Crippen LogP contribution in [0.5, 0.6) is 0 Å². The fourth-order valence-corrected chi connectivity index (χ4v) is 4.74. The van der Waals surface area contributed by atoms with Gasteiger partial charge in [-0.05, 0) is 43.7 Å². The second-order valence-electron chi connectivity index (χ2n) is 5.58. The summed E-state index contributed by atoms with van der Waals surface area (Å²) in [5, 5.41) is 0.0725. The van der Waals surface area contributed by atoms with Crippen LogP contribution in [0.3, 0.4) is 0 Å². The molecule has 0 N–H and O–H groups in total. The summed E-state index contributed by atoms with van der Waals surface area (Å²) in [7, 11) is 0. The van der Waals surface area contributed by atoms with E-state index in [1.165, 1.54) is 16.9 Å². The number of hydrogen-bond donors (Lipinski definition) is 0. The molecule has 2 nitrogen and oxygen atoms in total. The molecule has 1 aromatic rings. The minimum atomic E-state index is 0.0725. The first-order valence-electron chi connectivity index (χ1n) is 7.40. The first-order valence-corrected chi connectivity index (χ1v) is 8.82. The number of fused-ring (bicyclic) bond motifs is 1. The van der Waals surface area contributed by atoms with E-state index in [0.717, 1.165) is 32.2 Å². The predicted octanol–water partition coefficient (Wildman–Crippen LogP) is 3.71. The van der Waals surface area contributed by atoms with E-state index in [1.54, 1.807) is 11.8 Å². The Kier molecular flexibility index (Phi) is 4.57. The van der Waals surface area contributed by atoms with E-state index in [1.807, 2.05) is 0 Å². The Morgan fingerprint density at radius 1 is 1.35 bits per heavy atom. The lowest BCUT2D eigenvalue weighted by Gasteiger charge is -2.37. The Hall–Kier alpha value is -0.670. The first-order chi connectivity index (χ1) is 9.79. The average Bonchev–Trinajstić information content (AvgIpc) is 2.91. The van der Waals surface area contributed by atoms with Gasteiger partial charge in [0, 0.05) is 23.4 Å². The van der Waals surface area contributed by atoms with Crippen LogP contribution in [0.15, 0.2) is 29.2 Å². The molecule has 0 radical (unpaired) electrons. The van der Waals surface area contributed by atoms with Crippen molar-refractivity contribution >= 4 is 29.3 Å². The summed E-state index contributed by atoms with van der Waals surface area (Å²) in [5.74, 6) is 0.966. The summed E-state index contributed by atoms with van der Waals surface area (Å²) in [5.41, 5.74) is 1.32. The maximum atomic E-state index is 12.8. The number of carbonyl (C=O) groups is 1. The van der Waals surface area contributed by atoms with Gasteiger partial charge in [-0.2, -0.15) is 0 Å². The number of halogens is 1. The zero-order valence-electron chi connectivity index (χ0n) is 11.6. The SMILES string of the molecule is O=C(C1Cc2ccccc2S1)N1CCCCC1CCCl. The van der Waals surface area contributed by atoms with Crippen molar-refractivity contribution in [2.75, 3.05) is 12.4 Å². The molecule has 0 spiro atoms. The highest BCUT2D eigenvalue weighted by atomic mass is 35.5. The van der Waals surface area contributed by atoms with Crippen molar-refractivity contribution < 1.29 is 4.79 Å². The van der Waals surface area contributed by atoms with E-state index < -0.39 is 0 Å². The maximum Gasteiger partial charge on any atom is 0.236 e. The van der Waals surface area contributed by atoms with Crippen LogP contribution in [0.1, 0.15) is 31.2 Å². The minimum absolute atomic E-state index is 0.0725. The van der Waals surface area contributed by atoms with Gasteiger partial charge < -0.3 is 4.90 Å². The van der Waals surface area contributed by atoms with Crippen molar-refractivity contribution in [3.05, 3.63) is 29.8 Å². The smallest absolute Gasteiger partial charge is 0.236 e. The molecule has 1 saturated heterocycles. The van der Waals surface area contributed by atoms with Crippen molar-refractivity contribution in [2.45, 2.75) is 48.3 Å². The molecule has 1 amide bonds. The second kappa shape index (κ2) is 6.40. The summed E-state index contributed by atoms with van der Waals surface area (Å²) >= 11 is 7.63. The van der Waals surface area contributed by atoms with E-state index in [4.69, 9.17) is 11.6 Å². The molecule has 2 heterocycles. The molecule has 20 heavy (non-hydrogen) atoms. The molecule has 2 aliphatic heterocycles. The quantitative estimate of drug-likeness (QED) is 0.793. The molecular formula is C16H20ClNOS. The number of rotatable bonds is 3. The average molecular weight is 310 g/mol. The summed E-state index contributed by atoms with van der Waals surface area (Å²) in [6.45, 7) is 0.911. The Labute approximate surface area is 129 Å². The van der Waals surface area contributed by atoms with E-state index in [2.05, 4.69) is 29.2 Å². The number of alkyl halides is 1. The Morgan fingerprint density at radius 2 is 2.20 bits per heavy atom. The highest BCUT2D eigenvalue weighted by Gasteiger charge is 2.35. The van der Waals surface area contributed by atoms with Gasteiger partial charge in [0.05, 0.1) is 5.25 Å². The number of likely N-dealkylation sites (tertiary alicyclic amines) is 1. The molecule has 2 unspecified atom stereocenters. The predicted molar refractivity (Wildman–Crippen MR) is 84.5 cm³/mol. The van der Waals surface area contributed by atoms with Crippen molar-refractivity contribution in [1.82, 2.24) is 4.90 Å². The third-order valence-electron chi connectivity index (χ3n) is 4.28. The topological polar surface area (TPSA) is 20.3 Å². The molecular weight excluding hydrogens is 290 g/mol. The number of nitrogens with zero attached hydrogens (tertiary/aromatic N) is 1. The van der Waals surface area contributed by atoms with Gasteiger partial charge in [0.2, 0.25) is 5.91 Å². The summed E-state index contributed by atoms with van der Waals surface area (Å²) in [6, 6.07) is 8.74. The van der Waals surface area contributed by atoms with Gasteiger partial charge in [-0.15, -0.1) is 23.4 Å². The van der Waals surface area contributed by atoms with Crippen LogP contribution < -0.4 is 0 Å². The lowest BCUT2D eigenvalue weighted by Crippen LogP contribution is -2.47. The summed E-state index contributed by atoms with van der Waals surface area (Å²) in [4.78, 5) is 16.2. The van der Waals surface area contributed by atoms with Crippen LogP contribution in [0.4, 0.5) is 0 Å². The molecule has 0 aromatic heterocycles. The third-order valence-corrected chi connectivity index (χ3v) is 5.80. The highest BCUT2D eigenvalue weighted by Crippen LogP contribution is 2.38. The number of piperidine rings is 1. The molecule has 1 fully saturated rings. The van der Waals surface area contributed by atoms with Gasteiger partial charge in [-0.25, -0.2) is 0 Å². The molecule has 0 saturated carbocycles. The molecule has 2 aliphatic rings. The van der Waals surface area contributed by atoms with E-state index >= 15 is 0 Å². The lowest BCUT2D eigenvalue weighted by atomic mass is 9.99. The van der Waals surface area contributed by atoms with Crippen LogP contribution in [0.25, 0.3) is 0 Å². The van der Waals surface area contributed by atoms with Crippen molar-refractivity contribution in [1.29, 1.82) is 0 Å². The van der Waals surface area contributed by atoms with Crippen LogP contribution >= 0.6 is 23.4 Å². The molecule has 108 valence electrons. The van der Waals surface area contributed by atoms with Gasteiger partial charge in [0.1, 0.15) is 0 Å². The van der Waals surface area contributed by atoms with E-state index in [-0.39, 0.29) is 5.25 Å². The van der Waals surface area contributed by atoms with Crippen molar-refractivity contribution in [3.8, 4) is 0 Å². The fourth-order valence-electron chi connectivity index (χ4n) is 3.22. The third kappa shape index (κ3) is 2.84. The standard InChI is InChI=1S/C16H20ClNOS/c17-9-8-13-6-3-4-10-18(13)16(19)15-11-12-5-1-2-7-14(12)20-15/h1-2,5,7,13,15H,3-4,6,8-11H2. The molecule has 1 aromatic carbocycles. The lowest BCUT2D eigenvalue weighted by molar-refractivity contribution is -0.134. The monoisotopic (exact) mass is 309 g/mol. The van der Waals surface area contributed by atoms with Gasteiger partial charge in [-0.3, -0.25) is 4.79 Å². The Balaban J connectivity index is 1.70. The van der Waals surface area contributed by atoms with Crippen LogP contribution in [0, 0.1) is 0 Å². The van der Waals surface area contributed by atoms with Crippen molar-refractivity contribution in [3.63, 3.8) is 0 Å². The largest absolute Gasteiger partial charge is 0.339 e. The van der Waals surface area contributed by atoms with Gasteiger partial charge >= 0.3 is 0 Å². The summed E-state index contributed by atoms with van der Waals surface area (Å²) in [6.07, 6.45) is 5.28. The number of thioether (sulfide) groups is 1. The van der Waals surface area contributed by atoms with Gasteiger partial charge in [0.15, 0.2) is 0 Å². The highest BCUT2D eigenvalue weighted by molar-refractivity contribution is 8.01. The molecule has 0 bridgehead atoms. The number of amides is 1. The fraction of sp³-hybridized carbons (Fsp3) is 0.562. The number of carbonyl (C=O) groups excluding carboxylic acids is 1. The van der Waals surface area contributed by atoms with E-state index in [9.17, 15) is 4.79 Å². The van der Waals surface area contributed by atoms with Gasteiger partial charge in [-0.1, -0.05) is 18.2 Å². The zero-order chi connectivity index (χ0) is 13.9. The maximum absolute atomic E-state index is 12.8. The Bertz CT molecular complexity index is 466. The molecule has 2 atom stereocenters. The number of benzene rings is 1. The van der Waals surface area contributed by atoms with Gasteiger partial charge in [0.25, 0.3) is 0 Å². The normalized spacial score (nSPS) is 25.6. The van der Waals surface area contributed by atoms with Crippen LogP contribution in [-0.2, 0) is 11.2 Å². The number of hydrogen-bond acceptors (Lipinski definition) is 2. The minimum Gasteiger partial charge on any atom is -0.339 e. The molecule has 3 rings (SSSR count). The second-order valence-corrected chi connectivity index (χ2v) is 7.20. The van der Waals surface area contributed by atoms with Crippen LogP contribution in [0.2, 0.25) is 0 Å².